The predicted octanol–water partition coefficient (Wildman–Crippen LogP) is 1.80. The lowest BCUT2D eigenvalue weighted by molar-refractivity contribution is 0.196. The number of para-hydroxylation sites is 1. The molecular weight excluding hydrogens is 150 g/mol. The van der Waals surface area contributed by atoms with Gasteiger partial charge in [-0.25, -0.2) is 0 Å². The predicted molar refractivity (Wildman–Crippen MR) is 50.2 cm³/mol. The van der Waals surface area contributed by atoms with E-state index in [0.29, 0.717) is 0 Å². The van der Waals surface area contributed by atoms with Gasteiger partial charge in [-0.3, -0.25) is 0 Å². The molecule has 0 aliphatic heterocycles. The van der Waals surface area contributed by atoms with Gasteiger partial charge in [0.15, 0.2) is 0 Å². The zero-order valence-electron chi connectivity index (χ0n) is 7.53. The van der Waals surface area contributed by atoms with Crippen molar-refractivity contribution in [3.8, 4) is 5.75 Å². The molecule has 0 amide bonds. The van der Waals surface area contributed by atoms with Crippen LogP contribution in [-0.2, 0) is 0 Å². The van der Waals surface area contributed by atoms with Gasteiger partial charge in [-0.1, -0.05) is 18.2 Å². The van der Waals surface area contributed by atoms with Gasteiger partial charge in [0, 0.05) is 6.04 Å². The second-order valence-corrected chi connectivity index (χ2v) is 3.00. The van der Waals surface area contributed by atoms with Gasteiger partial charge < -0.3 is 10.5 Å². The minimum atomic E-state index is 0.0604. The summed E-state index contributed by atoms with van der Waals surface area (Å²) >= 11 is 0. The molecule has 0 saturated carbocycles. The maximum Gasteiger partial charge on any atom is 0.119 e. The third kappa shape index (κ3) is 2.55. The summed E-state index contributed by atoms with van der Waals surface area (Å²) < 4.78 is 5.55. The van der Waals surface area contributed by atoms with Gasteiger partial charge in [-0.15, -0.1) is 0 Å². The standard InChI is InChI=1S/C10H15NO/c1-8(11)9(2)12-10-6-4-3-5-7-10/h3-9H,11H2,1-2H3. The first-order valence-electron chi connectivity index (χ1n) is 4.17. The molecule has 0 bridgehead atoms. The first kappa shape index (κ1) is 9.07. The summed E-state index contributed by atoms with van der Waals surface area (Å²) in [5.41, 5.74) is 5.66. The Kier molecular flexibility index (Phi) is 3.11. The monoisotopic (exact) mass is 165 g/mol. The van der Waals surface area contributed by atoms with E-state index in [4.69, 9.17) is 10.5 Å². The summed E-state index contributed by atoms with van der Waals surface area (Å²) in [7, 11) is 0. The van der Waals surface area contributed by atoms with Crippen LogP contribution in [0.15, 0.2) is 30.3 Å². The van der Waals surface area contributed by atoms with Gasteiger partial charge in [0.05, 0.1) is 0 Å². The van der Waals surface area contributed by atoms with Crippen molar-refractivity contribution in [3.63, 3.8) is 0 Å². The Bertz CT molecular complexity index is 221. The molecule has 1 rings (SSSR count). The van der Waals surface area contributed by atoms with E-state index in [0.717, 1.165) is 5.75 Å². The third-order valence-corrected chi connectivity index (χ3v) is 1.81. The molecule has 2 heteroatoms. The number of rotatable bonds is 3. The van der Waals surface area contributed by atoms with Crippen LogP contribution >= 0.6 is 0 Å². The van der Waals surface area contributed by atoms with Crippen molar-refractivity contribution < 1.29 is 4.74 Å². The number of hydrogen-bond donors (Lipinski definition) is 1. The second kappa shape index (κ2) is 4.12. The number of hydrogen-bond acceptors (Lipinski definition) is 2. The molecule has 12 heavy (non-hydrogen) atoms. The van der Waals surface area contributed by atoms with E-state index >= 15 is 0 Å². The Morgan fingerprint density at radius 3 is 2.25 bits per heavy atom. The molecule has 1 aromatic carbocycles. The van der Waals surface area contributed by atoms with Crippen LogP contribution in [0.25, 0.3) is 0 Å². The summed E-state index contributed by atoms with van der Waals surface area (Å²) in [6, 6.07) is 9.78. The molecule has 2 unspecified atom stereocenters. The molecule has 0 aromatic heterocycles. The van der Waals surface area contributed by atoms with Crippen molar-refractivity contribution in [1.29, 1.82) is 0 Å². The topological polar surface area (TPSA) is 35.2 Å². The van der Waals surface area contributed by atoms with Crippen LogP contribution in [0.5, 0.6) is 5.75 Å². The molecule has 2 N–H and O–H groups in total. The third-order valence-electron chi connectivity index (χ3n) is 1.81. The maximum atomic E-state index is 5.66. The minimum absolute atomic E-state index is 0.0604. The smallest absolute Gasteiger partial charge is 0.119 e. The molecule has 0 heterocycles. The lowest BCUT2D eigenvalue weighted by Gasteiger charge is -2.17. The van der Waals surface area contributed by atoms with E-state index in [9.17, 15) is 0 Å². The molecule has 0 saturated heterocycles. The fourth-order valence-corrected chi connectivity index (χ4v) is 0.821. The second-order valence-electron chi connectivity index (χ2n) is 3.00. The molecule has 66 valence electrons. The van der Waals surface area contributed by atoms with Crippen LogP contribution in [0.1, 0.15) is 13.8 Å². The average Bonchev–Trinajstić information content (AvgIpc) is 2.06. The summed E-state index contributed by atoms with van der Waals surface area (Å²) in [6.45, 7) is 3.91. The van der Waals surface area contributed by atoms with Crippen LogP contribution in [0.4, 0.5) is 0 Å². The van der Waals surface area contributed by atoms with E-state index in [1.54, 1.807) is 0 Å². The number of ether oxygens (including phenoxy) is 1. The quantitative estimate of drug-likeness (QED) is 0.741. The molecule has 0 radical (unpaired) electrons. The SMILES string of the molecule is CC(N)C(C)Oc1ccccc1. The molecule has 0 aliphatic carbocycles. The molecule has 0 fully saturated rings. The van der Waals surface area contributed by atoms with Gasteiger partial charge in [0.2, 0.25) is 0 Å². The average molecular weight is 165 g/mol. The van der Waals surface area contributed by atoms with Crippen LogP contribution in [-0.4, -0.2) is 12.1 Å². The van der Waals surface area contributed by atoms with Crippen LogP contribution < -0.4 is 10.5 Å². The molecule has 2 atom stereocenters. The Morgan fingerprint density at radius 2 is 1.75 bits per heavy atom. The van der Waals surface area contributed by atoms with E-state index in [1.807, 2.05) is 44.2 Å². The summed E-state index contributed by atoms with van der Waals surface area (Å²) in [4.78, 5) is 0. The highest BCUT2D eigenvalue weighted by Gasteiger charge is 2.07. The van der Waals surface area contributed by atoms with Crippen LogP contribution in [0, 0.1) is 0 Å². The van der Waals surface area contributed by atoms with Crippen molar-refractivity contribution in [1.82, 2.24) is 0 Å². The normalized spacial score (nSPS) is 15.2. The fourth-order valence-electron chi connectivity index (χ4n) is 0.821. The van der Waals surface area contributed by atoms with Crippen molar-refractivity contribution in [2.24, 2.45) is 5.73 Å². The van der Waals surface area contributed by atoms with E-state index in [1.165, 1.54) is 0 Å². The maximum absolute atomic E-state index is 5.66. The molecule has 2 nitrogen and oxygen atoms in total. The Labute approximate surface area is 73.3 Å². The lowest BCUT2D eigenvalue weighted by Crippen LogP contribution is -2.33. The Balaban J connectivity index is 2.53. The highest BCUT2D eigenvalue weighted by atomic mass is 16.5. The Hall–Kier alpha value is -1.02. The van der Waals surface area contributed by atoms with E-state index in [-0.39, 0.29) is 12.1 Å². The lowest BCUT2D eigenvalue weighted by atomic mass is 10.2. The number of nitrogens with two attached hydrogens (primary N) is 1. The van der Waals surface area contributed by atoms with Crippen molar-refractivity contribution >= 4 is 0 Å². The van der Waals surface area contributed by atoms with E-state index < -0.39 is 0 Å². The van der Waals surface area contributed by atoms with Gasteiger partial charge in [0.1, 0.15) is 11.9 Å². The zero-order valence-corrected chi connectivity index (χ0v) is 7.53. The fraction of sp³-hybridized carbons (Fsp3) is 0.400. The zero-order chi connectivity index (χ0) is 8.97. The summed E-state index contributed by atoms with van der Waals surface area (Å²) in [5.74, 6) is 0.877. The molecule has 0 aliphatic rings. The number of benzene rings is 1. The first-order valence-corrected chi connectivity index (χ1v) is 4.17. The van der Waals surface area contributed by atoms with Crippen LogP contribution in [0.3, 0.4) is 0 Å². The largest absolute Gasteiger partial charge is 0.489 e. The summed E-state index contributed by atoms with van der Waals surface area (Å²) in [6.07, 6.45) is 0.0624. The highest BCUT2D eigenvalue weighted by molar-refractivity contribution is 5.21. The van der Waals surface area contributed by atoms with Gasteiger partial charge in [0.25, 0.3) is 0 Å². The van der Waals surface area contributed by atoms with Gasteiger partial charge in [-0.05, 0) is 26.0 Å². The van der Waals surface area contributed by atoms with E-state index in [2.05, 4.69) is 0 Å². The van der Waals surface area contributed by atoms with Crippen molar-refractivity contribution in [2.45, 2.75) is 26.0 Å². The molecule has 1 aromatic rings. The molecule has 0 spiro atoms. The van der Waals surface area contributed by atoms with Crippen molar-refractivity contribution in [3.05, 3.63) is 30.3 Å². The first-order chi connectivity index (χ1) is 5.70. The van der Waals surface area contributed by atoms with Crippen molar-refractivity contribution in [2.75, 3.05) is 0 Å². The van der Waals surface area contributed by atoms with Crippen LogP contribution in [0.2, 0.25) is 0 Å². The Morgan fingerprint density at radius 1 is 1.17 bits per heavy atom. The minimum Gasteiger partial charge on any atom is -0.489 e. The highest BCUT2D eigenvalue weighted by Crippen LogP contribution is 2.11. The van der Waals surface area contributed by atoms with Gasteiger partial charge >= 0.3 is 0 Å². The summed E-state index contributed by atoms with van der Waals surface area (Å²) in [5, 5.41) is 0. The van der Waals surface area contributed by atoms with Gasteiger partial charge in [-0.2, -0.15) is 0 Å². The molecular formula is C10H15NO.